The summed E-state index contributed by atoms with van der Waals surface area (Å²) in [5.41, 5.74) is 1.17. The van der Waals surface area contributed by atoms with Crippen LogP contribution in [-0.2, 0) is 13.8 Å². The standard InChI is InChI=1S/C19H17Cl3N4O2S/c1-26(2)17-15(13-9-5-3-6-10-13)16(23-18(24-17)19(20,21)22)25-29(27,28)14-11-7-4-8-12-14/h3-12H,1-2H3,(H,23,24,25). The minimum atomic E-state index is -3.94. The van der Waals surface area contributed by atoms with Crippen LogP contribution in [0.15, 0.2) is 65.6 Å². The van der Waals surface area contributed by atoms with Gasteiger partial charge in [0, 0.05) is 14.1 Å². The Bertz CT molecular complexity index is 1100. The summed E-state index contributed by atoms with van der Waals surface area (Å²) in [5.74, 6) is 0.273. The molecule has 3 rings (SSSR count). The number of nitrogens with zero attached hydrogens (tertiary/aromatic N) is 3. The molecule has 0 bridgehead atoms. The van der Waals surface area contributed by atoms with Gasteiger partial charge in [0.25, 0.3) is 10.0 Å². The SMILES string of the molecule is CN(C)c1nc(C(Cl)(Cl)Cl)nc(NS(=O)(=O)c2ccccc2)c1-c1ccccc1. The van der Waals surface area contributed by atoms with E-state index in [4.69, 9.17) is 34.8 Å². The van der Waals surface area contributed by atoms with E-state index in [-0.39, 0.29) is 16.5 Å². The van der Waals surface area contributed by atoms with Gasteiger partial charge in [-0.1, -0.05) is 83.3 Å². The number of alkyl halides is 3. The normalized spacial score (nSPS) is 11.9. The maximum Gasteiger partial charge on any atom is 0.263 e. The highest BCUT2D eigenvalue weighted by atomic mass is 35.6. The summed E-state index contributed by atoms with van der Waals surface area (Å²) in [6.07, 6.45) is 0. The van der Waals surface area contributed by atoms with Crippen molar-refractivity contribution < 1.29 is 8.42 Å². The smallest absolute Gasteiger partial charge is 0.263 e. The van der Waals surface area contributed by atoms with E-state index in [9.17, 15) is 8.42 Å². The number of nitrogens with one attached hydrogen (secondary N) is 1. The van der Waals surface area contributed by atoms with E-state index in [1.54, 1.807) is 37.2 Å². The number of hydrogen-bond acceptors (Lipinski definition) is 5. The summed E-state index contributed by atoms with van der Waals surface area (Å²) < 4.78 is 26.5. The molecule has 0 saturated carbocycles. The quantitative estimate of drug-likeness (QED) is 0.539. The molecule has 0 aliphatic rings. The highest BCUT2D eigenvalue weighted by Gasteiger charge is 2.31. The molecule has 0 saturated heterocycles. The fourth-order valence-corrected chi connectivity index (χ4v) is 3.92. The molecule has 0 spiro atoms. The molecule has 152 valence electrons. The third-order valence-corrected chi connectivity index (χ3v) is 5.78. The molecule has 0 atom stereocenters. The van der Waals surface area contributed by atoms with Crippen LogP contribution in [0.4, 0.5) is 11.6 Å². The lowest BCUT2D eigenvalue weighted by Gasteiger charge is -2.22. The zero-order valence-electron chi connectivity index (χ0n) is 15.5. The zero-order chi connectivity index (χ0) is 21.2. The van der Waals surface area contributed by atoms with Crippen LogP contribution in [0.3, 0.4) is 0 Å². The van der Waals surface area contributed by atoms with Crippen molar-refractivity contribution in [2.75, 3.05) is 23.7 Å². The molecule has 2 aromatic carbocycles. The molecule has 0 unspecified atom stereocenters. The van der Waals surface area contributed by atoms with Crippen LogP contribution in [0.2, 0.25) is 0 Å². The molecular weight excluding hydrogens is 455 g/mol. The molecule has 29 heavy (non-hydrogen) atoms. The third kappa shape index (κ3) is 4.93. The van der Waals surface area contributed by atoms with Crippen LogP contribution in [0.5, 0.6) is 0 Å². The van der Waals surface area contributed by atoms with Crippen LogP contribution in [0.1, 0.15) is 5.82 Å². The van der Waals surface area contributed by atoms with Gasteiger partial charge < -0.3 is 4.90 Å². The van der Waals surface area contributed by atoms with Crippen LogP contribution in [0, 0.1) is 0 Å². The number of halogens is 3. The topological polar surface area (TPSA) is 75.2 Å². The van der Waals surface area contributed by atoms with E-state index in [2.05, 4.69) is 14.7 Å². The molecule has 6 nitrogen and oxygen atoms in total. The van der Waals surface area contributed by atoms with Gasteiger partial charge in [-0.15, -0.1) is 0 Å². The van der Waals surface area contributed by atoms with Gasteiger partial charge >= 0.3 is 0 Å². The number of sulfonamides is 1. The summed E-state index contributed by atoms with van der Waals surface area (Å²) in [4.78, 5) is 10.4. The molecule has 0 aliphatic carbocycles. The first-order valence-electron chi connectivity index (χ1n) is 8.39. The Hall–Kier alpha value is -2.06. The Balaban J connectivity index is 2.27. The van der Waals surface area contributed by atoms with Crippen molar-refractivity contribution in [1.29, 1.82) is 0 Å². The molecule has 0 fully saturated rings. The molecule has 10 heteroatoms. The maximum absolute atomic E-state index is 12.9. The van der Waals surface area contributed by atoms with Crippen molar-refractivity contribution in [3.05, 3.63) is 66.5 Å². The summed E-state index contributed by atoms with van der Waals surface area (Å²) in [5, 5.41) is 0. The van der Waals surface area contributed by atoms with Gasteiger partial charge in [-0.3, -0.25) is 4.72 Å². The second kappa shape index (κ2) is 8.36. The van der Waals surface area contributed by atoms with E-state index >= 15 is 0 Å². The van der Waals surface area contributed by atoms with Crippen LogP contribution >= 0.6 is 34.8 Å². The molecule has 1 aromatic heterocycles. The van der Waals surface area contributed by atoms with Gasteiger partial charge in [0.05, 0.1) is 10.5 Å². The Kier molecular flexibility index (Phi) is 6.24. The Morgan fingerprint density at radius 3 is 1.97 bits per heavy atom. The van der Waals surface area contributed by atoms with Gasteiger partial charge in [0.1, 0.15) is 5.82 Å². The van der Waals surface area contributed by atoms with Crippen molar-refractivity contribution in [2.45, 2.75) is 8.69 Å². The van der Waals surface area contributed by atoms with Crippen molar-refractivity contribution in [2.24, 2.45) is 0 Å². The predicted molar refractivity (Wildman–Crippen MR) is 118 cm³/mol. The number of benzene rings is 2. The first-order chi connectivity index (χ1) is 13.6. The van der Waals surface area contributed by atoms with E-state index < -0.39 is 13.8 Å². The van der Waals surface area contributed by atoms with Crippen molar-refractivity contribution in [1.82, 2.24) is 9.97 Å². The number of anilines is 2. The lowest BCUT2D eigenvalue weighted by atomic mass is 10.1. The monoisotopic (exact) mass is 470 g/mol. The van der Waals surface area contributed by atoms with Crippen LogP contribution < -0.4 is 9.62 Å². The second-order valence-corrected chi connectivity index (χ2v) is 10.2. The van der Waals surface area contributed by atoms with Gasteiger partial charge in [0.2, 0.25) is 3.79 Å². The van der Waals surface area contributed by atoms with Gasteiger partial charge in [-0.25, -0.2) is 18.4 Å². The average molecular weight is 472 g/mol. The minimum absolute atomic E-state index is 0.0140. The minimum Gasteiger partial charge on any atom is -0.362 e. The van der Waals surface area contributed by atoms with Gasteiger partial charge in [-0.2, -0.15) is 0 Å². The molecule has 1 N–H and O–H groups in total. The zero-order valence-corrected chi connectivity index (χ0v) is 18.6. The summed E-state index contributed by atoms with van der Waals surface area (Å²) in [7, 11) is -0.424. The Labute approximate surface area is 184 Å². The molecule has 3 aromatic rings. The predicted octanol–water partition coefficient (Wildman–Crippen LogP) is 4.84. The van der Waals surface area contributed by atoms with E-state index in [1.165, 1.54) is 12.1 Å². The third-order valence-electron chi connectivity index (χ3n) is 3.91. The summed E-state index contributed by atoms with van der Waals surface area (Å²) in [6, 6.07) is 17.1. The average Bonchev–Trinajstić information content (AvgIpc) is 2.67. The maximum atomic E-state index is 12.9. The number of aromatic nitrogens is 2. The first kappa shape index (κ1) is 21.6. The highest BCUT2D eigenvalue weighted by molar-refractivity contribution is 7.92. The number of rotatable bonds is 5. The van der Waals surface area contributed by atoms with Crippen molar-refractivity contribution >= 4 is 56.5 Å². The summed E-state index contributed by atoms with van der Waals surface area (Å²) in [6.45, 7) is 0. The molecule has 1 heterocycles. The Morgan fingerprint density at radius 1 is 0.897 bits per heavy atom. The van der Waals surface area contributed by atoms with Gasteiger partial charge in [0.15, 0.2) is 11.6 Å². The number of hydrogen-bond donors (Lipinski definition) is 1. The lowest BCUT2D eigenvalue weighted by molar-refractivity contribution is 0.601. The molecule has 0 aliphatic heterocycles. The summed E-state index contributed by atoms with van der Waals surface area (Å²) >= 11 is 18.0. The van der Waals surface area contributed by atoms with Crippen molar-refractivity contribution in [3.8, 4) is 11.1 Å². The van der Waals surface area contributed by atoms with E-state index in [1.807, 2.05) is 30.3 Å². The molecule has 0 amide bonds. The second-order valence-electron chi connectivity index (χ2n) is 6.27. The Morgan fingerprint density at radius 2 is 1.45 bits per heavy atom. The van der Waals surface area contributed by atoms with E-state index in [0.717, 1.165) is 0 Å². The molecular formula is C19H17Cl3N4O2S. The first-order valence-corrected chi connectivity index (χ1v) is 11.0. The highest BCUT2D eigenvalue weighted by Crippen LogP contribution is 2.41. The lowest BCUT2D eigenvalue weighted by Crippen LogP contribution is -2.21. The van der Waals surface area contributed by atoms with Gasteiger partial charge in [-0.05, 0) is 17.7 Å². The fourth-order valence-electron chi connectivity index (χ4n) is 2.63. The van der Waals surface area contributed by atoms with Crippen molar-refractivity contribution in [3.63, 3.8) is 0 Å². The van der Waals surface area contributed by atoms with E-state index in [0.29, 0.717) is 16.9 Å². The molecule has 0 radical (unpaired) electrons. The largest absolute Gasteiger partial charge is 0.362 e. The van der Waals surface area contributed by atoms with Crippen LogP contribution in [0.25, 0.3) is 11.1 Å². The fraction of sp³-hybridized carbons (Fsp3) is 0.158. The van der Waals surface area contributed by atoms with Crippen LogP contribution in [-0.4, -0.2) is 32.5 Å².